The van der Waals surface area contributed by atoms with Gasteiger partial charge in [0.2, 0.25) is 0 Å². The lowest BCUT2D eigenvalue weighted by atomic mass is 10.1. The van der Waals surface area contributed by atoms with Crippen molar-refractivity contribution in [2.24, 2.45) is 0 Å². The fraction of sp³-hybridized carbons (Fsp3) is 0.400. The summed E-state index contributed by atoms with van der Waals surface area (Å²) >= 11 is 0. The lowest BCUT2D eigenvalue weighted by molar-refractivity contribution is 0.143. The molecule has 1 unspecified atom stereocenters. The predicted molar refractivity (Wildman–Crippen MR) is 75.8 cm³/mol. The lowest BCUT2D eigenvalue weighted by Crippen LogP contribution is -2.32. The summed E-state index contributed by atoms with van der Waals surface area (Å²) in [4.78, 5) is 0. The monoisotopic (exact) mass is 259 g/mol. The number of nitrogens with zero attached hydrogens (tertiary/aromatic N) is 2. The standard InChI is InChI=1S/C15H21N3O/c1-12-4-6-14(7-5-12)13(2)16-10-15(19)11-18-9-3-8-17-18/h3-9,13,15-16,19H,10-11H2,1-2H3/t13-,15?/m0/s1. The van der Waals surface area contributed by atoms with Crippen molar-refractivity contribution in [1.29, 1.82) is 0 Å². The van der Waals surface area contributed by atoms with Crippen LogP contribution < -0.4 is 5.32 Å². The normalized spacial score (nSPS) is 14.3. The maximum Gasteiger partial charge on any atom is 0.0860 e. The van der Waals surface area contributed by atoms with E-state index in [2.05, 4.69) is 48.5 Å². The lowest BCUT2D eigenvalue weighted by Gasteiger charge is -2.17. The van der Waals surface area contributed by atoms with E-state index in [1.165, 1.54) is 11.1 Å². The van der Waals surface area contributed by atoms with Gasteiger partial charge < -0.3 is 10.4 Å². The second kappa shape index (κ2) is 6.50. The number of benzene rings is 1. The first kappa shape index (κ1) is 13.8. The Morgan fingerprint density at radius 2 is 2.05 bits per heavy atom. The molecule has 1 aromatic heterocycles. The molecule has 2 rings (SSSR count). The van der Waals surface area contributed by atoms with E-state index in [9.17, 15) is 5.11 Å². The van der Waals surface area contributed by atoms with E-state index in [0.29, 0.717) is 13.1 Å². The fourth-order valence-electron chi connectivity index (χ4n) is 1.97. The molecule has 0 spiro atoms. The van der Waals surface area contributed by atoms with Crippen molar-refractivity contribution in [1.82, 2.24) is 15.1 Å². The van der Waals surface area contributed by atoms with Crippen molar-refractivity contribution in [3.63, 3.8) is 0 Å². The molecule has 1 heterocycles. The minimum atomic E-state index is -0.437. The Morgan fingerprint density at radius 1 is 1.32 bits per heavy atom. The largest absolute Gasteiger partial charge is 0.390 e. The SMILES string of the molecule is Cc1ccc([C@H](C)NCC(O)Cn2cccn2)cc1. The molecule has 1 aromatic carbocycles. The van der Waals surface area contributed by atoms with Crippen LogP contribution in [0.5, 0.6) is 0 Å². The third kappa shape index (κ3) is 4.19. The molecule has 0 bridgehead atoms. The van der Waals surface area contributed by atoms with Gasteiger partial charge >= 0.3 is 0 Å². The predicted octanol–water partition coefficient (Wildman–Crippen LogP) is 1.90. The first-order chi connectivity index (χ1) is 9.15. The molecule has 0 amide bonds. The molecule has 19 heavy (non-hydrogen) atoms. The van der Waals surface area contributed by atoms with Crippen LogP contribution in [0, 0.1) is 6.92 Å². The van der Waals surface area contributed by atoms with Crippen LogP contribution in [0.1, 0.15) is 24.1 Å². The number of aryl methyl sites for hydroxylation is 1. The second-order valence-corrected chi connectivity index (χ2v) is 4.92. The highest BCUT2D eigenvalue weighted by molar-refractivity contribution is 5.23. The highest BCUT2D eigenvalue weighted by Gasteiger charge is 2.09. The average molecular weight is 259 g/mol. The summed E-state index contributed by atoms with van der Waals surface area (Å²) in [6.45, 7) is 5.25. The van der Waals surface area contributed by atoms with Crippen LogP contribution >= 0.6 is 0 Å². The fourth-order valence-corrected chi connectivity index (χ4v) is 1.97. The number of aromatic nitrogens is 2. The number of hydrogen-bond acceptors (Lipinski definition) is 3. The Kier molecular flexibility index (Phi) is 4.71. The summed E-state index contributed by atoms with van der Waals surface area (Å²) in [5.74, 6) is 0. The first-order valence-corrected chi connectivity index (χ1v) is 6.60. The Hall–Kier alpha value is -1.65. The molecule has 2 atom stereocenters. The van der Waals surface area contributed by atoms with E-state index in [4.69, 9.17) is 0 Å². The third-order valence-electron chi connectivity index (χ3n) is 3.19. The summed E-state index contributed by atoms with van der Waals surface area (Å²) in [5.41, 5.74) is 2.49. The molecule has 0 aliphatic rings. The third-order valence-corrected chi connectivity index (χ3v) is 3.19. The molecule has 0 aliphatic carbocycles. The zero-order valence-electron chi connectivity index (χ0n) is 11.5. The van der Waals surface area contributed by atoms with Gasteiger partial charge in [-0.3, -0.25) is 4.68 Å². The molecule has 0 fully saturated rings. The van der Waals surface area contributed by atoms with Gasteiger partial charge in [0, 0.05) is 25.0 Å². The van der Waals surface area contributed by atoms with Crippen LogP contribution in [0.15, 0.2) is 42.7 Å². The molecule has 0 saturated carbocycles. The molecule has 2 N–H and O–H groups in total. The molecular formula is C15H21N3O. The molecule has 4 nitrogen and oxygen atoms in total. The van der Waals surface area contributed by atoms with Gasteiger partial charge in [-0.2, -0.15) is 5.10 Å². The van der Waals surface area contributed by atoms with Crippen molar-refractivity contribution in [3.05, 3.63) is 53.9 Å². The maximum absolute atomic E-state index is 9.94. The summed E-state index contributed by atoms with van der Waals surface area (Å²) in [6, 6.07) is 10.5. The molecule has 0 saturated heterocycles. The van der Waals surface area contributed by atoms with Crippen molar-refractivity contribution < 1.29 is 5.11 Å². The topological polar surface area (TPSA) is 50.1 Å². The molecule has 2 aromatic rings. The Labute approximate surface area is 114 Å². The molecular weight excluding hydrogens is 238 g/mol. The van der Waals surface area contributed by atoms with E-state index in [1.54, 1.807) is 10.9 Å². The zero-order valence-corrected chi connectivity index (χ0v) is 11.5. The minimum absolute atomic E-state index is 0.230. The van der Waals surface area contributed by atoms with Crippen LogP contribution in [-0.4, -0.2) is 27.5 Å². The summed E-state index contributed by atoms with van der Waals surface area (Å²) < 4.78 is 1.74. The zero-order chi connectivity index (χ0) is 13.7. The quantitative estimate of drug-likeness (QED) is 0.833. The van der Waals surface area contributed by atoms with Gasteiger partial charge in [0.25, 0.3) is 0 Å². The van der Waals surface area contributed by atoms with E-state index < -0.39 is 6.10 Å². The van der Waals surface area contributed by atoms with E-state index in [1.807, 2.05) is 12.3 Å². The number of aliphatic hydroxyl groups excluding tert-OH is 1. The van der Waals surface area contributed by atoms with Gasteiger partial charge in [-0.15, -0.1) is 0 Å². The van der Waals surface area contributed by atoms with Gasteiger partial charge in [-0.25, -0.2) is 0 Å². The minimum Gasteiger partial charge on any atom is -0.390 e. The van der Waals surface area contributed by atoms with E-state index in [-0.39, 0.29) is 6.04 Å². The Bertz CT molecular complexity index is 479. The maximum atomic E-state index is 9.94. The van der Waals surface area contributed by atoms with E-state index in [0.717, 1.165) is 0 Å². The highest BCUT2D eigenvalue weighted by atomic mass is 16.3. The number of aliphatic hydroxyl groups is 1. The van der Waals surface area contributed by atoms with Crippen molar-refractivity contribution >= 4 is 0 Å². The van der Waals surface area contributed by atoms with Gasteiger partial charge in [0.1, 0.15) is 0 Å². The van der Waals surface area contributed by atoms with Gasteiger partial charge in [-0.1, -0.05) is 29.8 Å². The Morgan fingerprint density at radius 3 is 2.68 bits per heavy atom. The molecule has 0 radical (unpaired) electrons. The van der Waals surface area contributed by atoms with Crippen molar-refractivity contribution in [3.8, 4) is 0 Å². The van der Waals surface area contributed by atoms with Gasteiger partial charge in [-0.05, 0) is 25.5 Å². The van der Waals surface area contributed by atoms with Gasteiger partial charge in [0.05, 0.1) is 12.6 Å². The molecule has 102 valence electrons. The number of nitrogens with one attached hydrogen (secondary N) is 1. The van der Waals surface area contributed by atoms with Crippen LogP contribution in [-0.2, 0) is 6.54 Å². The van der Waals surface area contributed by atoms with Crippen LogP contribution in [0.3, 0.4) is 0 Å². The molecule has 4 heteroatoms. The van der Waals surface area contributed by atoms with Crippen molar-refractivity contribution in [2.45, 2.75) is 32.5 Å². The van der Waals surface area contributed by atoms with Crippen LogP contribution in [0.25, 0.3) is 0 Å². The summed E-state index contributed by atoms with van der Waals surface area (Å²) in [7, 11) is 0. The number of hydrogen-bond donors (Lipinski definition) is 2. The second-order valence-electron chi connectivity index (χ2n) is 4.92. The molecule has 0 aliphatic heterocycles. The van der Waals surface area contributed by atoms with Crippen LogP contribution in [0.2, 0.25) is 0 Å². The van der Waals surface area contributed by atoms with Crippen LogP contribution in [0.4, 0.5) is 0 Å². The average Bonchev–Trinajstić information content (AvgIpc) is 2.89. The highest BCUT2D eigenvalue weighted by Crippen LogP contribution is 2.12. The Balaban J connectivity index is 1.79. The smallest absolute Gasteiger partial charge is 0.0860 e. The van der Waals surface area contributed by atoms with E-state index >= 15 is 0 Å². The first-order valence-electron chi connectivity index (χ1n) is 6.60. The van der Waals surface area contributed by atoms with Crippen molar-refractivity contribution in [2.75, 3.05) is 6.54 Å². The number of rotatable bonds is 6. The summed E-state index contributed by atoms with van der Waals surface area (Å²) in [6.07, 6.45) is 3.13. The summed E-state index contributed by atoms with van der Waals surface area (Å²) in [5, 5.41) is 17.4. The van der Waals surface area contributed by atoms with Gasteiger partial charge in [0.15, 0.2) is 0 Å².